The lowest BCUT2D eigenvalue weighted by atomic mass is 9.83. The van der Waals surface area contributed by atoms with Crippen molar-refractivity contribution in [2.45, 2.75) is 26.4 Å². The van der Waals surface area contributed by atoms with Crippen LogP contribution in [-0.4, -0.2) is 34.3 Å². The molecule has 0 fully saturated rings. The Labute approximate surface area is 256 Å². The first kappa shape index (κ1) is 28.4. The Bertz CT molecular complexity index is 1870. The van der Waals surface area contributed by atoms with Gasteiger partial charge in [-0.25, -0.2) is 0 Å². The molecule has 0 spiro atoms. The minimum atomic E-state index is 0.188. The maximum Gasteiger partial charge on any atom is 0.119 e. The zero-order chi connectivity index (χ0) is 30.1. The largest absolute Gasteiger partial charge is 0.491 e. The van der Waals surface area contributed by atoms with Gasteiger partial charge in [0.1, 0.15) is 5.75 Å². The number of ether oxygens (including phenoxy) is 1. The zero-order valence-corrected chi connectivity index (χ0v) is 26.1. The number of hydrogen-bond donors (Lipinski definition) is 0. The highest BCUT2D eigenvalue weighted by Gasteiger charge is 2.20. The summed E-state index contributed by atoms with van der Waals surface area (Å²) in [5.74, 6) is 0.907. The van der Waals surface area contributed by atoms with E-state index < -0.39 is 0 Å². The van der Waals surface area contributed by atoms with Gasteiger partial charge in [0.25, 0.3) is 0 Å². The molecule has 6 rings (SSSR count). The van der Waals surface area contributed by atoms with E-state index in [1.165, 1.54) is 66.3 Å². The third-order valence-electron chi connectivity index (χ3n) is 8.47. The fraction of sp³-hybridized carbons (Fsp3) is 0.200. The first-order valence-corrected chi connectivity index (χ1v) is 15.2. The Balaban J connectivity index is 1.67. The molecule has 0 aliphatic carbocycles. The van der Waals surface area contributed by atoms with Gasteiger partial charge in [-0.3, -0.25) is 0 Å². The molecule has 1 unspecified atom stereocenters. The summed E-state index contributed by atoms with van der Waals surface area (Å²) in [6.07, 6.45) is 1.17. The molecule has 0 aliphatic heterocycles. The predicted octanol–water partition coefficient (Wildman–Crippen LogP) is 10.3. The first-order valence-electron chi connectivity index (χ1n) is 15.2. The highest BCUT2D eigenvalue weighted by atomic mass is 16.5. The number of benzene rings is 6. The van der Waals surface area contributed by atoms with E-state index in [-0.39, 0.29) is 6.10 Å². The standard InChI is InChI=1S/C40H40N2O/c1-7-27(2)43-33-25-19-28(20-26-33)34-13-10-14-37-38(29-15-21-31(22-16-29)41(3)4)35-11-8-9-12-36(35)39(40(34)37)30-17-23-32(24-18-30)42(5)6/h8-27H,7H2,1-6H3. The molecule has 6 aromatic carbocycles. The highest BCUT2D eigenvalue weighted by Crippen LogP contribution is 2.47. The van der Waals surface area contributed by atoms with Gasteiger partial charge in [-0.1, -0.05) is 85.8 Å². The Morgan fingerprint density at radius 2 is 1.02 bits per heavy atom. The van der Waals surface area contributed by atoms with Gasteiger partial charge >= 0.3 is 0 Å². The van der Waals surface area contributed by atoms with Crippen molar-refractivity contribution >= 4 is 32.9 Å². The van der Waals surface area contributed by atoms with Gasteiger partial charge < -0.3 is 14.5 Å². The molecule has 0 saturated heterocycles. The Morgan fingerprint density at radius 1 is 0.535 bits per heavy atom. The quantitative estimate of drug-likeness (QED) is 0.171. The SMILES string of the molecule is CCC(C)Oc1ccc(-c2cccc3c(-c4ccc(N(C)C)cc4)c4ccccc4c(-c4ccc(N(C)C)cc4)c23)cc1. The molecule has 0 aromatic heterocycles. The molecule has 0 bridgehead atoms. The lowest BCUT2D eigenvalue weighted by Gasteiger charge is -2.21. The van der Waals surface area contributed by atoms with Crippen molar-refractivity contribution in [2.75, 3.05) is 38.0 Å². The van der Waals surface area contributed by atoms with E-state index in [0.717, 1.165) is 12.2 Å². The van der Waals surface area contributed by atoms with Crippen LogP contribution in [0.4, 0.5) is 11.4 Å². The molecule has 0 heterocycles. The Kier molecular flexibility index (Phi) is 7.82. The third-order valence-corrected chi connectivity index (χ3v) is 8.47. The lowest BCUT2D eigenvalue weighted by molar-refractivity contribution is 0.217. The topological polar surface area (TPSA) is 15.7 Å². The summed E-state index contributed by atoms with van der Waals surface area (Å²) in [5.41, 5.74) is 9.74. The van der Waals surface area contributed by atoms with Gasteiger partial charge in [0.05, 0.1) is 6.10 Å². The summed E-state index contributed by atoms with van der Waals surface area (Å²) in [5, 5.41) is 5.03. The van der Waals surface area contributed by atoms with E-state index in [1.54, 1.807) is 0 Å². The summed E-state index contributed by atoms with van der Waals surface area (Å²) < 4.78 is 6.12. The second-order valence-corrected chi connectivity index (χ2v) is 11.8. The second-order valence-electron chi connectivity index (χ2n) is 11.8. The van der Waals surface area contributed by atoms with Crippen LogP contribution in [0.1, 0.15) is 20.3 Å². The molecule has 216 valence electrons. The molecule has 3 nitrogen and oxygen atoms in total. The molecule has 0 amide bonds. The summed E-state index contributed by atoms with van der Waals surface area (Å²) in [7, 11) is 8.34. The average molecular weight is 565 g/mol. The van der Waals surface area contributed by atoms with Crippen LogP contribution in [0.5, 0.6) is 5.75 Å². The number of hydrogen-bond acceptors (Lipinski definition) is 3. The molecular formula is C40H40N2O. The van der Waals surface area contributed by atoms with Crippen molar-refractivity contribution in [3.63, 3.8) is 0 Å². The van der Waals surface area contributed by atoms with Gasteiger partial charge in [-0.15, -0.1) is 0 Å². The minimum absolute atomic E-state index is 0.188. The molecule has 0 radical (unpaired) electrons. The Morgan fingerprint density at radius 3 is 1.56 bits per heavy atom. The van der Waals surface area contributed by atoms with Crippen LogP contribution in [0, 0.1) is 0 Å². The number of rotatable bonds is 8. The lowest BCUT2D eigenvalue weighted by Crippen LogP contribution is -2.09. The van der Waals surface area contributed by atoms with E-state index >= 15 is 0 Å². The molecular weight excluding hydrogens is 524 g/mol. The fourth-order valence-corrected chi connectivity index (χ4v) is 5.96. The van der Waals surface area contributed by atoms with Crippen molar-refractivity contribution < 1.29 is 4.74 Å². The minimum Gasteiger partial charge on any atom is -0.491 e. The van der Waals surface area contributed by atoms with Gasteiger partial charge in [-0.05, 0) is 105 Å². The van der Waals surface area contributed by atoms with Crippen LogP contribution < -0.4 is 14.5 Å². The van der Waals surface area contributed by atoms with Gasteiger partial charge in [0.15, 0.2) is 0 Å². The van der Waals surface area contributed by atoms with Crippen molar-refractivity contribution in [1.29, 1.82) is 0 Å². The van der Waals surface area contributed by atoms with E-state index in [4.69, 9.17) is 4.74 Å². The van der Waals surface area contributed by atoms with Crippen LogP contribution in [0.2, 0.25) is 0 Å². The summed E-state index contributed by atoms with van der Waals surface area (Å²) >= 11 is 0. The van der Waals surface area contributed by atoms with Crippen LogP contribution in [0.25, 0.3) is 54.9 Å². The van der Waals surface area contributed by atoms with Gasteiger partial charge in [0, 0.05) is 39.6 Å². The zero-order valence-electron chi connectivity index (χ0n) is 26.1. The van der Waals surface area contributed by atoms with E-state index in [2.05, 4.69) is 167 Å². The molecule has 1 atom stereocenters. The molecule has 0 N–H and O–H groups in total. The molecule has 0 saturated carbocycles. The van der Waals surface area contributed by atoms with E-state index in [0.29, 0.717) is 0 Å². The number of fused-ring (bicyclic) bond motifs is 2. The smallest absolute Gasteiger partial charge is 0.119 e. The van der Waals surface area contributed by atoms with Crippen LogP contribution in [0.3, 0.4) is 0 Å². The second kappa shape index (κ2) is 11.9. The highest BCUT2D eigenvalue weighted by molar-refractivity contribution is 6.24. The molecule has 43 heavy (non-hydrogen) atoms. The maximum absolute atomic E-state index is 6.12. The van der Waals surface area contributed by atoms with Crippen molar-refractivity contribution in [3.05, 3.63) is 115 Å². The molecule has 6 aromatic rings. The van der Waals surface area contributed by atoms with E-state index in [9.17, 15) is 0 Å². The van der Waals surface area contributed by atoms with Crippen molar-refractivity contribution in [2.24, 2.45) is 0 Å². The van der Waals surface area contributed by atoms with Crippen LogP contribution in [0.15, 0.2) is 115 Å². The van der Waals surface area contributed by atoms with Gasteiger partial charge in [-0.2, -0.15) is 0 Å². The first-order chi connectivity index (χ1) is 20.9. The van der Waals surface area contributed by atoms with Crippen LogP contribution >= 0.6 is 0 Å². The predicted molar refractivity (Wildman–Crippen MR) is 187 cm³/mol. The van der Waals surface area contributed by atoms with Crippen molar-refractivity contribution in [3.8, 4) is 39.1 Å². The summed E-state index contributed by atoms with van der Waals surface area (Å²) in [6.45, 7) is 4.27. The fourth-order valence-electron chi connectivity index (χ4n) is 5.96. The molecule has 3 heteroatoms. The van der Waals surface area contributed by atoms with Crippen LogP contribution in [-0.2, 0) is 0 Å². The summed E-state index contributed by atoms with van der Waals surface area (Å²) in [6, 6.07) is 42.1. The molecule has 0 aliphatic rings. The Hall–Kier alpha value is -4.76. The third kappa shape index (κ3) is 5.44. The van der Waals surface area contributed by atoms with E-state index in [1.807, 2.05) is 0 Å². The average Bonchev–Trinajstić information content (AvgIpc) is 3.03. The normalized spacial score (nSPS) is 12.0. The maximum atomic E-state index is 6.12. The summed E-state index contributed by atoms with van der Waals surface area (Å²) in [4.78, 5) is 4.29. The monoisotopic (exact) mass is 564 g/mol. The van der Waals surface area contributed by atoms with Gasteiger partial charge in [0.2, 0.25) is 0 Å². The number of anilines is 2. The van der Waals surface area contributed by atoms with Crippen molar-refractivity contribution in [1.82, 2.24) is 0 Å². The number of nitrogens with zero attached hydrogens (tertiary/aromatic N) is 2.